The Morgan fingerprint density at radius 3 is 3.12 bits per heavy atom. The highest BCUT2D eigenvalue weighted by Crippen LogP contribution is 2.22. The second-order valence-electron chi connectivity index (χ2n) is 3.61. The van der Waals surface area contributed by atoms with Gasteiger partial charge in [-0.2, -0.15) is 0 Å². The molecule has 4 nitrogen and oxygen atoms in total. The van der Waals surface area contributed by atoms with Crippen molar-refractivity contribution in [1.82, 2.24) is 10.3 Å². The molecule has 0 aliphatic rings. The van der Waals surface area contributed by atoms with E-state index >= 15 is 0 Å². The third-order valence-electron chi connectivity index (χ3n) is 2.54. The molecule has 2 aromatic rings. The number of H-pyrrole nitrogens is 1. The van der Waals surface area contributed by atoms with Crippen LogP contribution < -0.4 is 10.1 Å². The highest BCUT2D eigenvalue weighted by Gasteiger charge is 2.11. The summed E-state index contributed by atoms with van der Waals surface area (Å²) in [6.07, 6.45) is 3.35. The Morgan fingerprint density at radius 1 is 1.59 bits per heavy atom. The normalized spacial score (nSPS) is 10.2. The van der Waals surface area contributed by atoms with Gasteiger partial charge in [0.05, 0.1) is 12.7 Å². The Kier molecular flexibility index (Phi) is 3.14. The molecule has 2 N–H and O–H groups in total. The van der Waals surface area contributed by atoms with Crippen molar-refractivity contribution in [1.29, 1.82) is 0 Å². The molecule has 0 atom stereocenters. The van der Waals surface area contributed by atoms with Crippen LogP contribution in [0.5, 0.6) is 5.75 Å². The van der Waals surface area contributed by atoms with Crippen LogP contribution in [0.4, 0.5) is 0 Å². The molecule has 4 heteroatoms. The lowest BCUT2D eigenvalue weighted by molar-refractivity contribution is 0.0959. The summed E-state index contributed by atoms with van der Waals surface area (Å²) < 4.78 is 5.12. The Bertz CT molecular complexity index is 558. The predicted molar refractivity (Wildman–Crippen MR) is 67.4 cm³/mol. The van der Waals surface area contributed by atoms with E-state index in [0.717, 1.165) is 16.7 Å². The van der Waals surface area contributed by atoms with Gasteiger partial charge in [0.2, 0.25) is 0 Å². The summed E-state index contributed by atoms with van der Waals surface area (Å²) in [4.78, 5) is 14.9. The minimum Gasteiger partial charge on any atom is -0.497 e. The van der Waals surface area contributed by atoms with E-state index in [1.807, 2.05) is 18.2 Å². The summed E-state index contributed by atoms with van der Waals surface area (Å²) in [7, 11) is 1.61. The van der Waals surface area contributed by atoms with Gasteiger partial charge in [-0.1, -0.05) is 6.08 Å². The third kappa shape index (κ3) is 2.15. The van der Waals surface area contributed by atoms with E-state index in [-0.39, 0.29) is 5.91 Å². The first-order valence-electron chi connectivity index (χ1n) is 5.30. The SMILES string of the molecule is C=CCNC(=O)c1c[nH]c2cc(OC)ccc12. The fraction of sp³-hybridized carbons (Fsp3) is 0.154. The van der Waals surface area contributed by atoms with Gasteiger partial charge in [0.1, 0.15) is 5.75 Å². The number of methoxy groups -OCH3 is 1. The largest absolute Gasteiger partial charge is 0.497 e. The van der Waals surface area contributed by atoms with Crippen LogP contribution in [0.1, 0.15) is 10.4 Å². The van der Waals surface area contributed by atoms with Crippen LogP contribution >= 0.6 is 0 Å². The van der Waals surface area contributed by atoms with E-state index in [2.05, 4.69) is 16.9 Å². The first-order valence-corrected chi connectivity index (χ1v) is 5.30. The summed E-state index contributed by atoms with van der Waals surface area (Å²) in [6.45, 7) is 4.02. The summed E-state index contributed by atoms with van der Waals surface area (Å²) in [5, 5.41) is 3.63. The van der Waals surface area contributed by atoms with E-state index in [9.17, 15) is 4.79 Å². The van der Waals surface area contributed by atoms with Gasteiger partial charge in [-0.3, -0.25) is 4.79 Å². The van der Waals surface area contributed by atoms with Crippen molar-refractivity contribution in [2.24, 2.45) is 0 Å². The number of rotatable bonds is 4. The van der Waals surface area contributed by atoms with Gasteiger partial charge in [-0.05, 0) is 12.1 Å². The molecule has 0 saturated carbocycles. The number of carbonyl (C=O) groups is 1. The molecule has 0 saturated heterocycles. The lowest BCUT2D eigenvalue weighted by Crippen LogP contribution is -2.22. The molecule has 0 aliphatic carbocycles. The van der Waals surface area contributed by atoms with E-state index in [0.29, 0.717) is 12.1 Å². The quantitative estimate of drug-likeness (QED) is 0.790. The number of hydrogen-bond donors (Lipinski definition) is 2. The average molecular weight is 230 g/mol. The lowest BCUT2D eigenvalue weighted by Gasteiger charge is -2.01. The third-order valence-corrected chi connectivity index (χ3v) is 2.54. The zero-order chi connectivity index (χ0) is 12.3. The monoisotopic (exact) mass is 230 g/mol. The number of fused-ring (bicyclic) bond motifs is 1. The first kappa shape index (κ1) is 11.3. The second-order valence-corrected chi connectivity index (χ2v) is 3.61. The molecule has 1 heterocycles. The molecule has 0 fully saturated rings. The number of benzene rings is 1. The molecule has 0 aliphatic heterocycles. The van der Waals surface area contributed by atoms with Gasteiger partial charge in [0.25, 0.3) is 5.91 Å². The minimum absolute atomic E-state index is 0.110. The van der Waals surface area contributed by atoms with Crippen LogP contribution in [-0.2, 0) is 0 Å². The second kappa shape index (κ2) is 4.74. The molecule has 17 heavy (non-hydrogen) atoms. The predicted octanol–water partition coefficient (Wildman–Crippen LogP) is 2.09. The van der Waals surface area contributed by atoms with Gasteiger partial charge in [-0.25, -0.2) is 0 Å². The molecule has 0 radical (unpaired) electrons. The standard InChI is InChI=1S/C13H14N2O2/c1-3-6-14-13(16)11-8-15-12-7-9(17-2)4-5-10(11)12/h3-5,7-8,15H,1,6H2,2H3,(H,14,16). The Morgan fingerprint density at radius 2 is 2.41 bits per heavy atom. The first-order chi connectivity index (χ1) is 8.26. The van der Waals surface area contributed by atoms with Crippen LogP contribution in [0.25, 0.3) is 10.9 Å². The van der Waals surface area contributed by atoms with Crippen molar-refractivity contribution in [3.05, 3.63) is 42.6 Å². The van der Waals surface area contributed by atoms with Crippen LogP contribution in [0, 0.1) is 0 Å². The number of carbonyl (C=O) groups excluding carboxylic acids is 1. The van der Waals surface area contributed by atoms with Crippen molar-refractivity contribution in [3.63, 3.8) is 0 Å². The molecule has 88 valence electrons. The van der Waals surface area contributed by atoms with Gasteiger partial charge in [0, 0.05) is 29.7 Å². The molecule has 1 aromatic heterocycles. The van der Waals surface area contributed by atoms with Crippen molar-refractivity contribution in [3.8, 4) is 5.75 Å². The number of ether oxygens (including phenoxy) is 1. The molecular weight excluding hydrogens is 216 g/mol. The van der Waals surface area contributed by atoms with Crippen LogP contribution in [0.15, 0.2) is 37.1 Å². The molecule has 0 bridgehead atoms. The Labute approximate surface area is 99.3 Å². The topological polar surface area (TPSA) is 54.1 Å². The van der Waals surface area contributed by atoms with Crippen molar-refractivity contribution >= 4 is 16.8 Å². The van der Waals surface area contributed by atoms with E-state index in [1.165, 1.54) is 0 Å². The smallest absolute Gasteiger partial charge is 0.253 e. The maximum Gasteiger partial charge on any atom is 0.253 e. The zero-order valence-corrected chi connectivity index (χ0v) is 9.62. The molecular formula is C13H14N2O2. The average Bonchev–Trinajstić information content (AvgIpc) is 2.78. The molecule has 0 spiro atoms. The number of aromatic nitrogens is 1. The highest BCUT2D eigenvalue weighted by atomic mass is 16.5. The Balaban J connectivity index is 2.36. The molecule has 1 aromatic carbocycles. The van der Waals surface area contributed by atoms with E-state index < -0.39 is 0 Å². The lowest BCUT2D eigenvalue weighted by atomic mass is 10.1. The fourth-order valence-electron chi connectivity index (χ4n) is 1.68. The highest BCUT2D eigenvalue weighted by molar-refractivity contribution is 6.06. The van der Waals surface area contributed by atoms with Crippen LogP contribution in [0.2, 0.25) is 0 Å². The van der Waals surface area contributed by atoms with Gasteiger partial charge >= 0.3 is 0 Å². The summed E-state index contributed by atoms with van der Waals surface area (Å²) in [5.41, 5.74) is 1.51. The van der Waals surface area contributed by atoms with Crippen molar-refractivity contribution in [2.75, 3.05) is 13.7 Å². The number of amides is 1. The molecule has 1 amide bonds. The van der Waals surface area contributed by atoms with E-state index in [1.54, 1.807) is 19.4 Å². The van der Waals surface area contributed by atoms with E-state index in [4.69, 9.17) is 4.74 Å². The minimum atomic E-state index is -0.110. The van der Waals surface area contributed by atoms with Gasteiger partial charge in [0.15, 0.2) is 0 Å². The summed E-state index contributed by atoms with van der Waals surface area (Å²) >= 11 is 0. The van der Waals surface area contributed by atoms with Crippen LogP contribution in [0.3, 0.4) is 0 Å². The fourth-order valence-corrected chi connectivity index (χ4v) is 1.68. The zero-order valence-electron chi connectivity index (χ0n) is 9.62. The summed E-state index contributed by atoms with van der Waals surface area (Å²) in [5.74, 6) is 0.652. The van der Waals surface area contributed by atoms with Crippen molar-refractivity contribution in [2.45, 2.75) is 0 Å². The van der Waals surface area contributed by atoms with Gasteiger partial charge in [-0.15, -0.1) is 6.58 Å². The maximum atomic E-state index is 11.8. The maximum absolute atomic E-state index is 11.8. The van der Waals surface area contributed by atoms with Crippen molar-refractivity contribution < 1.29 is 9.53 Å². The van der Waals surface area contributed by atoms with Gasteiger partial charge < -0.3 is 15.0 Å². The number of hydrogen-bond acceptors (Lipinski definition) is 2. The molecule has 0 unspecified atom stereocenters. The van der Waals surface area contributed by atoms with Crippen LogP contribution in [-0.4, -0.2) is 24.5 Å². The number of nitrogens with one attached hydrogen (secondary N) is 2. The Hall–Kier alpha value is -2.23. The number of aromatic amines is 1. The molecule has 2 rings (SSSR count). The summed E-state index contributed by atoms with van der Waals surface area (Å²) in [6, 6.07) is 5.56.